The Kier molecular flexibility index (Phi) is 5.47. The number of thiazole rings is 1. The van der Waals surface area contributed by atoms with E-state index in [1.54, 1.807) is 31.2 Å². The molecule has 1 fully saturated rings. The summed E-state index contributed by atoms with van der Waals surface area (Å²) in [7, 11) is 0. The fourth-order valence-corrected chi connectivity index (χ4v) is 2.97. The summed E-state index contributed by atoms with van der Waals surface area (Å²) in [6.07, 6.45) is 0.288. The van der Waals surface area contributed by atoms with E-state index in [0.717, 1.165) is 21.2 Å². The van der Waals surface area contributed by atoms with E-state index in [1.807, 2.05) is 0 Å². The number of hydrazine groups is 1. The molecule has 4 N–H and O–H groups in total. The van der Waals surface area contributed by atoms with Gasteiger partial charge in [-0.25, -0.2) is 30.3 Å². The smallest absolute Gasteiger partial charge is 0.345 e. The highest BCUT2D eigenvalue weighted by Gasteiger charge is 2.35. The second-order valence-electron chi connectivity index (χ2n) is 5.44. The van der Waals surface area contributed by atoms with E-state index in [9.17, 15) is 19.3 Å². The van der Waals surface area contributed by atoms with Gasteiger partial charge in [0.05, 0.1) is 6.20 Å². The number of aromatic nitrogens is 1. The molecular weight excluding hydrogens is 390 g/mol. The first kappa shape index (κ1) is 19.2. The SMILES string of the molecule is CCN1C(=O)NC(Nc2ccc(Oc3ncc(C(=O)N=O)s3)cc2)N(N)C1=O. The largest absolute Gasteiger partial charge is 0.431 e. The average molecular weight is 405 g/mol. The minimum absolute atomic E-state index is 0.0742. The Morgan fingerprint density at radius 3 is 2.75 bits per heavy atom. The maximum atomic E-state index is 12.0. The summed E-state index contributed by atoms with van der Waals surface area (Å²) in [5, 5.41) is 8.86. The molecule has 0 radical (unpaired) electrons. The van der Waals surface area contributed by atoms with Crippen LogP contribution in [-0.2, 0) is 0 Å². The number of ether oxygens (including phenoxy) is 1. The van der Waals surface area contributed by atoms with Crippen molar-refractivity contribution in [2.75, 3.05) is 11.9 Å². The van der Waals surface area contributed by atoms with Crippen molar-refractivity contribution in [3.05, 3.63) is 40.2 Å². The summed E-state index contributed by atoms with van der Waals surface area (Å²) in [5.41, 5.74) is 0.561. The molecule has 0 bridgehead atoms. The second kappa shape index (κ2) is 7.98. The Balaban J connectivity index is 1.64. The lowest BCUT2D eigenvalue weighted by Crippen LogP contribution is -2.69. The van der Waals surface area contributed by atoms with Gasteiger partial charge in [-0.1, -0.05) is 11.3 Å². The molecule has 28 heavy (non-hydrogen) atoms. The normalized spacial score (nSPS) is 16.6. The van der Waals surface area contributed by atoms with Gasteiger partial charge in [0.25, 0.3) is 5.19 Å². The Hall–Kier alpha value is -3.58. The first-order chi connectivity index (χ1) is 13.4. The average Bonchev–Trinajstić information content (AvgIpc) is 3.15. The predicted molar refractivity (Wildman–Crippen MR) is 98.5 cm³/mol. The van der Waals surface area contributed by atoms with Crippen molar-refractivity contribution >= 4 is 35.0 Å². The topological polar surface area (TPSA) is 159 Å². The minimum Gasteiger partial charge on any atom is -0.431 e. The van der Waals surface area contributed by atoms with Gasteiger partial charge in [-0.15, -0.1) is 4.91 Å². The molecule has 1 aliphatic rings. The third-order valence-corrected chi connectivity index (χ3v) is 4.56. The monoisotopic (exact) mass is 405 g/mol. The van der Waals surface area contributed by atoms with Crippen molar-refractivity contribution in [2.24, 2.45) is 11.0 Å². The molecule has 0 saturated carbocycles. The molecule has 1 saturated heterocycles. The zero-order valence-electron chi connectivity index (χ0n) is 14.5. The zero-order valence-corrected chi connectivity index (χ0v) is 15.3. The fraction of sp³-hybridized carbons (Fsp3) is 0.200. The van der Waals surface area contributed by atoms with Gasteiger partial charge in [0, 0.05) is 17.4 Å². The molecule has 146 valence electrons. The van der Waals surface area contributed by atoms with E-state index in [1.165, 1.54) is 6.20 Å². The number of nitroso groups, excluding NO2 is 1. The molecule has 1 unspecified atom stereocenters. The van der Waals surface area contributed by atoms with Gasteiger partial charge in [-0.3, -0.25) is 10.1 Å². The molecule has 12 nitrogen and oxygen atoms in total. The second-order valence-corrected chi connectivity index (χ2v) is 6.44. The highest BCUT2D eigenvalue weighted by molar-refractivity contribution is 7.15. The Morgan fingerprint density at radius 2 is 2.11 bits per heavy atom. The maximum Gasteiger partial charge on any atom is 0.345 e. The van der Waals surface area contributed by atoms with Crippen LogP contribution < -0.4 is 21.2 Å². The number of nitrogens with one attached hydrogen (secondary N) is 2. The van der Waals surface area contributed by atoms with Crippen LogP contribution in [0.3, 0.4) is 0 Å². The molecule has 1 aromatic heterocycles. The number of hydrogen-bond donors (Lipinski definition) is 3. The van der Waals surface area contributed by atoms with Crippen molar-refractivity contribution < 1.29 is 19.1 Å². The van der Waals surface area contributed by atoms with Crippen molar-refractivity contribution in [2.45, 2.75) is 13.2 Å². The highest BCUT2D eigenvalue weighted by Crippen LogP contribution is 2.28. The molecule has 2 aromatic rings. The number of benzene rings is 1. The number of nitrogens with zero attached hydrogens (tertiary/aromatic N) is 4. The molecule has 0 spiro atoms. The first-order valence-corrected chi connectivity index (χ1v) is 8.78. The van der Waals surface area contributed by atoms with E-state index in [4.69, 9.17) is 10.6 Å². The number of anilines is 1. The molecule has 5 amide bonds. The quantitative estimate of drug-likeness (QED) is 0.373. The first-order valence-electron chi connectivity index (χ1n) is 7.96. The number of urea groups is 2. The van der Waals surface area contributed by atoms with E-state index in [2.05, 4.69) is 20.8 Å². The van der Waals surface area contributed by atoms with Gasteiger partial charge in [0.2, 0.25) is 0 Å². The van der Waals surface area contributed by atoms with Gasteiger partial charge >= 0.3 is 18.0 Å². The lowest BCUT2D eigenvalue weighted by molar-refractivity contribution is 0.100. The number of nitrogens with two attached hydrogens (primary N) is 1. The van der Waals surface area contributed by atoms with E-state index >= 15 is 0 Å². The molecule has 1 aliphatic heterocycles. The van der Waals surface area contributed by atoms with Gasteiger partial charge in [-0.2, -0.15) is 0 Å². The van der Waals surface area contributed by atoms with Crippen LogP contribution in [0.25, 0.3) is 0 Å². The van der Waals surface area contributed by atoms with Crippen LogP contribution in [0.2, 0.25) is 0 Å². The van der Waals surface area contributed by atoms with Gasteiger partial charge < -0.3 is 10.1 Å². The van der Waals surface area contributed by atoms with Crippen molar-refractivity contribution in [3.63, 3.8) is 0 Å². The number of rotatable bonds is 6. The maximum absolute atomic E-state index is 12.0. The van der Waals surface area contributed by atoms with Crippen LogP contribution in [0.4, 0.5) is 15.3 Å². The third-order valence-electron chi connectivity index (χ3n) is 3.69. The number of carbonyl (C=O) groups is 3. The highest BCUT2D eigenvalue weighted by atomic mass is 32.1. The zero-order chi connectivity index (χ0) is 20.3. The molecule has 1 aromatic carbocycles. The molecule has 1 atom stereocenters. The summed E-state index contributed by atoms with van der Waals surface area (Å²) >= 11 is 0.891. The molecular formula is C15H15N7O5S. The lowest BCUT2D eigenvalue weighted by atomic mass is 10.3. The summed E-state index contributed by atoms with van der Waals surface area (Å²) < 4.78 is 5.50. The van der Waals surface area contributed by atoms with Crippen molar-refractivity contribution in [1.29, 1.82) is 0 Å². The van der Waals surface area contributed by atoms with Crippen molar-refractivity contribution in [3.8, 4) is 10.9 Å². The lowest BCUT2D eigenvalue weighted by Gasteiger charge is -2.38. The van der Waals surface area contributed by atoms with Crippen LogP contribution >= 0.6 is 11.3 Å². The summed E-state index contributed by atoms with van der Waals surface area (Å²) in [6.45, 7) is 1.86. The van der Waals surface area contributed by atoms with Crippen LogP contribution in [-0.4, -0.2) is 45.7 Å². The standard InChI is InChI=1S/C15H15N7O5S/c1-2-21-13(24)19-12(22(16)15(21)25)18-8-3-5-9(6-4-8)27-14-17-7-10(28-14)11(23)20-26/h3-7,12,18H,2,16H2,1H3,(H,19,24). The fourth-order valence-electron chi connectivity index (χ4n) is 2.31. The van der Waals surface area contributed by atoms with Gasteiger partial charge in [0.15, 0.2) is 6.29 Å². The number of imide groups is 1. The Morgan fingerprint density at radius 1 is 1.39 bits per heavy atom. The Labute approximate surface area is 162 Å². The van der Waals surface area contributed by atoms with Crippen LogP contribution in [0.5, 0.6) is 10.9 Å². The van der Waals surface area contributed by atoms with E-state index in [-0.39, 0.29) is 16.6 Å². The predicted octanol–water partition coefficient (Wildman–Crippen LogP) is 1.88. The van der Waals surface area contributed by atoms with Crippen LogP contribution in [0.1, 0.15) is 16.6 Å². The Bertz CT molecular complexity index is 916. The molecule has 0 aliphatic carbocycles. The third kappa shape index (κ3) is 3.89. The molecule has 3 rings (SSSR count). The molecule has 2 heterocycles. The molecule has 13 heteroatoms. The van der Waals surface area contributed by atoms with Gasteiger partial charge in [-0.05, 0) is 31.2 Å². The summed E-state index contributed by atoms with van der Waals surface area (Å²) in [5.74, 6) is 5.25. The van der Waals surface area contributed by atoms with E-state index in [0.29, 0.717) is 11.4 Å². The number of amides is 5. The van der Waals surface area contributed by atoms with Crippen LogP contribution in [0, 0.1) is 4.91 Å². The van der Waals surface area contributed by atoms with Crippen LogP contribution in [0.15, 0.2) is 35.6 Å². The summed E-state index contributed by atoms with van der Waals surface area (Å²) in [6, 6.07) is 5.31. The van der Waals surface area contributed by atoms with E-state index < -0.39 is 24.3 Å². The number of carbonyl (C=O) groups excluding carboxylic acids is 3. The number of hydrogen-bond acceptors (Lipinski definition) is 9. The van der Waals surface area contributed by atoms with Crippen molar-refractivity contribution in [1.82, 2.24) is 20.2 Å². The minimum atomic E-state index is -0.919. The summed E-state index contributed by atoms with van der Waals surface area (Å²) in [4.78, 5) is 50.3. The van der Waals surface area contributed by atoms with Gasteiger partial charge in [0.1, 0.15) is 10.6 Å².